The van der Waals surface area contributed by atoms with Crippen LogP contribution in [0.4, 0.5) is 0 Å². The van der Waals surface area contributed by atoms with E-state index < -0.39 is 0 Å². The first-order valence-corrected chi connectivity index (χ1v) is 8.41. The lowest BCUT2D eigenvalue weighted by Gasteiger charge is -2.01. The summed E-state index contributed by atoms with van der Waals surface area (Å²) in [5, 5.41) is 9.91. The lowest BCUT2D eigenvalue weighted by atomic mass is 10.1. The first-order chi connectivity index (χ1) is 11.1. The summed E-state index contributed by atoms with van der Waals surface area (Å²) in [6.45, 7) is 1.70. The first kappa shape index (κ1) is 15.6. The third-order valence-electron chi connectivity index (χ3n) is 3.08. The van der Waals surface area contributed by atoms with Crippen molar-refractivity contribution in [3.05, 3.63) is 62.5 Å². The fourth-order valence-corrected chi connectivity index (χ4v) is 3.34. The third-order valence-corrected chi connectivity index (χ3v) is 4.71. The maximum atomic E-state index is 12.4. The first-order valence-electron chi connectivity index (χ1n) is 6.74. The van der Waals surface area contributed by atoms with E-state index in [1.165, 1.54) is 11.3 Å². The van der Waals surface area contributed by atoms with Crippen LogP contribution in [0.2, 0.25) is 0 Å². The Hall–Kier alpha value is -2.25. The third kappa shape index (κ3) is 3.57. The van der Waals surface area contributed by atoms with Crippen molar-refractivity contribution in [1.29, 1.82) is 0 Å². The lowest BCUT2D eigenvalue weighted by molar-refractivity contribution is 0.0954. The number of nitrogens with zero attached hydrogens (tertiary/aromatic N) is 2. The minimum Gasteiger partial charge on any atom is -0.360 e. The van der Waals surface area contributed by atoms with Gasteiger partial charge in [0.15, 0.2) is 0 Å². The molecule has 0 aliphatic rings. The fraction of sp³-hybridized carbons (Fsp3) is 0.0625. The van der Waals surface area contributed by atoms with E-state index in [-0.39, 0.29) is 5.91 Å². The van der Waals surface area contributed by atoms with Crippen LogP contribution < -0.4 is 5.43 Å². The largest absolute Gasteiger partial charge is 0.360 e. The number of rotatable bonds is 4. The van der Waals surface area contributed by atoms with Crippen molar-refractivity contribution in [2.24, 2.45) is 5.10 Å². The van der Waals surface area contributed by atoms with Crippen molar-refractivity contribution in [3.63, 3.8) is 0 Å². The molecule has 23 heavy (non-hydrogen) atoms. The molecule has 1 amide bonds. The van der Waals surface area contributed by atoms with Crippen LogP contribution in [0, 0.1) is 6.92 Å². The van der Waals surface area contributed by atoms with Crippen LogP contribution in [0.1, 0.15) is 21.0 Å². The highest BCUT2D eigenvalue weighted by Gasteiger charge is 2.21. The Morgan fingerprint density at radius 1 is 1.39 bits per heavy atom. The SMILES string of the molecule is Cc1onc(-c2ccccc2)c1C(=O)N/N=C\c1cc(Br)cs1. The molecule has 0 saturated carbocycles. The molecule has 2 aromatic heterocycles. The van der Waals surface area contributed by atoms with Crippen LogP contribution in [0.15, 0.2) is 55.9 Å². The summed E-state index contributed by atoms with van der Waals surface area (Å²) in [5.41, 5.74) is 4.23. The van der Waals surface area contributed by atoms with Gasteiger partial charge in [-0.1, -0.05) is 35.5 Å². The van der Waals surface area contributed by atoms with E-state index in [1.54, 1.807) is 13.1 Å². The standard InChI is InChI=1S/C16H12BrN3O2S/c1-10-14(15(20-22-10)11-5-3-2-4-6-11)16(21)19-18-8-13-7-12(17)9-23-13/h2-9H,1H3,(H,19,21)/b18-8-. The molecular weight excluding hydrogens is 378 g/mol. The molecular formula is C16H12BrN3O2S. The van der Waals surface area contributed by atoms with E-state index in [9.17, 15) is 4.79 Å². The minimum atomic E-state index is -0.352. The summed E-state index contributed by atoms with van der Waals surface area (Å²) in [6.07, 6.45) is 1.60. The van der Waals surface area contributed by atoms with E-state index in [0.29, 0.717) is 17.0 Å². The molecule has 0 unspecified atom stereocenters. The van der Waals surface area contributed by atoms with Gasteiger partial charge < -0.3 is 4.52 Å². The molecule has 0 aliphatic carbocycles. The van der Waals surface area contributed by atoms with Gasteiger partial charge in [-0.25, -0.2) is 5.43 Å². The van der Waals surface area contributed by atoms with Crippen LogP contribution in [-0.2, 0) is 0 Å². The fourth-order valence-electron chi connectivity index (χ4n) is 2.04. The Balaban J connectivity index is 1.80. The highest BCUT2D eigenvalue weighted by Crippen LogP contribution is 2.24. The van der Waals surface area contributed by atoms with Gasteiger partial charge in [0.2, 0.25) is 0 Å². The van der Waals surface area contributed by atoms with Gasteiger partial charge in [0.05, 0.1) is 6.21 Å². The molecule has 3 aromatic rings. The molecule has 1 aromatic carbocycles. The summed E-state index contributed by atoms with van der Waals surface area (Å²) in [7, 11) is 0. The Morgan fingerprint density at radius 2 is 2.17 bits per heavy atom. The number of halogens is 1. The van der Waals surface area contributed by atoms with Gasteiger partial charge in [0.25, 0.3) is 5.91 Å². The van der Waals surface area contributed by atoms with Crippen molar-refractivity contribution in [2.75, 3.05) is 0 Å². The van der Waals surface area contributed by atoms with E-state index in [2.05, 4.69) is 31.6 Å². The second-order valence-corrected chi connectivity index (χ2v) is 6.55. The number of carbonyl (C=O) groups excluding carboxylic acids is 1. The van der Waals surface area contributed by atoms with Crippen LogP contribution in [-0.4, -0.2) is 17.3 Å². The predicted octanol–water partition coefficient (Wildman–Crippen LogP) is 4.24. The Labute approximate surface area is 145 Å². The summed E-state index contributed by atoms with van der Waals surface area (Å²) in [5.74, 6) is 0.102. The number of nitrogens with one attached hydrogen (secondary N) is 1. The minimum absolute atomic E-state index is 0.352. The van der Waals surface area contributed by atoms with Crippen molar-refractivity contribution in [1.82, 2.24) is 10.6 Å². The van der Waals surface area contributed by atoms with Crippen molar-refractivity contribution in [3.8, 4) is 11.3 Å². The van der Waals surface area contributed by atoms with Crippen molar-refractivity contribution >= 4 is 39.4 Å². The van der Waals surface area contributed by atoms with E-state index in [1.807, 2.05) is 41.8 Å². The van der Waals surface area contributed by atoms with Gasteiger partial charge in [0.1, 0.15) is 17.0 Å². The number of hydrazone groups is 1. The molecule has 0 bridgehead atoms. The van der Waals surface area contributed by atoms with Crippen molar-refractivity contribution in [2.45, 2.75) is 6.92 Å². The highest BCUT2D eigenvalue weighted by atomic mass is 79.9. The van der Waals surface area contributed by atoms with Crippen molar-refractivity contribution < 1.29 is 9.32 Å². The molecule has 7 heteroatoms. The molecule has 0 atom stereocenters. The molecule has 5 nitrogen and oxygen atoms in total. The number of benzene rings is 1. The summed E-state index contributed by atoms with van der Waals surface area (Å²) < 4.78 is 6.16. The highest BCUT2D eigenvalue weighted by molar-refractivity contribution is 9.10. The van der Waals surface area contributed by atoms with Crippen LogP contribution in [0.25, 0.3) is 11.3 Å². The van der Waals surface area contributed by atoms with Gasteiger partial charge >= 0.3 is 0 Å². The summed E-state index contributed by atoms with van der Waals surface area (Å²) >= 11 is 4.89. The van der Waals surface area contributed by atoms with Gasteiger partial charge in [-0.2, -0.15) is 5.10 Å². The zero-order chi connectivity index (χ0) is 16.2. The monoisotopic (exact) mass is 389 g/mol. The maximum Gasteiger partial charge on any atom is 0.277 e. The van der Waals surface area contributed by atoms with Gasteiger partial charge in [-0.15, -0.1) is 11.3 Å². The van der Waals surface area contributed by atoms with Crippen LogP contribution >= 0.6 is 27.3 Å². The van der Waals surface area contributed by atoms with Crippen LogP contribution in [0.5, 0.6) is 0 Å². The van der Waals surface area contributed by atoms with E-state index in [4.69, 9.17) is 4.52 Å². The van der Waals surface area contributed by atoms with Gasteiger partial charge in [-0.05, 0) is 28.9 Å². The van der Waals surface area contributed by atoms with E-state index >= 15 is 0 Å². The second kappa shape index (κ2) is 6.89. The molecule has 0 saturated heterocycles. The zero-order valence-corrected chi connectivity index (χ0v) is 14.5. The molecule has 0 fully saturated rings. The summed E-state index contributed by atoms with van der Waals surface area (Å²) in [4.78, 5) is 13.3. The number of hydrogen-bond donors (Lipinski definition) is 1. The van der Waals surface area contributed by atoms with Gasteiger partial charge in [0, 0.05) is 20.3 Å². The van der Waals surface area contributed by atoms with Gasteiger partial charge in [-0.3, -0.25) is 4.79 Å². The normalized spacial score (nSPS) is 11.0. The van der Waals surface area contributed by atoms with Crippen LogP contribution in [0.3, 0.4) is 0 Å². The number of carbonyl (C=O) groups is 1. The molecule has 116 valence electrons. The Kier molecular flexibility index (Phi) is 4.68. The maximum absolute atomic E-state index is 12.4. The lowest BCUT2D eigenvalue weighted by Crippen LogP contribution is -2.18. The van der Waals surface area contributed by atoms with E-state index in [0.717, 1.165) is 14.9 Å². The molecule has 1 N–H and O–H groups in total. The second-order valence-electron chi connectivity index (χ2n) is 4.69. The topological polar surface area (TPSA) is 67.5 Å². The molecule has 2 heterocycles. The Bertz CT molecular complexity index is 855. The Morgan fingerprint density at radius 3 is 2.87 bits per heavy atom. The molecule has 0 aliphatic heterocycles. The number of amides is 1. The smallest absolute Gasteiger partial charge is 0.277 e. The molecule has 0 radical (unpaired) electrons. The zero-order valence-electron chi connectivity index (χ0n) is 12.1. The molecule has 0 spiro atoms. The quantitative estimate of drug-likeness (QED) is 0.535. The number of aryl methyl sites for hydroxylation is 1. The average Bonchev–Trinajstić information content (AvgIpc) is 3.14. The number of aromatic nitrogens is 1. The average molecular weight is 390 g/mol. The predicted molar refractivity (Wildman–Crippen MR) is 93.8 cm³/mol. The molecule has 3 rings (SSSR count). The number of hydrogen-bond acceptors (Lipinski definition) is 5. The number of thiophene rings is 1. The summed E-state index contributed by atoms with van der Waals surface area (Å²) in [6, 6.07) is 11.3.